The zero-order valence-corrected chi connectivity index (χ0v) is 23.5. The highest BCUT2D eigenvalue weighted by Crippen LogP contribution is 2.31. The van der Waals surface area contributed by atoms with Crippen LogP contribution in [0.1, 0.15) is 27.9 Å². The second-order valence-corrected chi connectivity index (χ2v) is 12.0. The first-order chi connectivity index (χ1) is 18.2. The van der Waals surface area contributed by atoms with Crippen molar-refractivity contribution in [2.24, 2.45) is 0 Å². The first-order valence-electron chi connectivity index (χ1n) is 12.9. The van der Waals surface area contributed by atoms with Gasteiger partial charge in [-0.3, -0.25) is 9.10 Å². The molecular formula is C29H35ClN4O3S. The highest BCUT2D eigenvalue weighted by molar-refractivity contribution is 7.92. The maximum Gasteiger partial charge on any atom is 0.264 e. The van der Waals surface area contributed by atoms with Crippen LogP contribution in [0.2, 0.25) is 5.02 Å². The number of aryl methyl sites for hydroxylation is 1. The SMILES string of the molecule is Cc1ccc(Cl)cc1N(Cc1ccc(C(=O)NCCCN2CCN(C)CC2)cc1)S(=O)(=O)c1ccccc1. The number of carbonyl (C=O) groups is 1. The molecular weight excluding hydrogens is 520 g/mol. The van der Waals surface area contributed by atoms with Gasteiger partial charge in [-0.2, -0.15) is 0 Å². The summed E-state index contributed by atoms with van der Waals surface area (Å²) in [6.45, 7) is 7.85. The third kappa shape index (κ3) is 7.14. The summed E-state index contributed by atoms with van der Waals surface area (Å²) in [5.74, 6) is -0.130. The number of rotatable bonds is 10. The van der Waals surface area contributed by atoms with Crippen molar-refractivity contribution in [3.63, 3.8) is 0 Å². The fraction of sp³-hybridized carbons (Fsp3) is 0.345. The molecule has 1 amide bonds. The summed E-state index contributed by atoms with van der Waals surface area (Å²) in [6.07, 6.45) is 0.902. The molecule has 9 heteroatoms. The van der Waals surface area contributed by atoms with Crippen molar-refractivity contribution in [1.82, 2.24) is 15.1 Å². The van der Waals surface area contributed by atoms with Gasteiger partial charge in [0.1, 0.15) is 0 Å². The maximum atomic E-state index is 13.7. The van der Waals surface area contributed by atoms with Crippen molar-refractivity contribution in [2.45, 2.75) is 24.8 Å². The number of anilines is 1. The molecule has 38 heavy (non-hydrogen) atoms. The van der Waals surface area contributed by atoms with Crippen LogP contribution in [0, 0.1) is 6.92 Å². The van der Waals surface area contributed by atoms with E-state index in [1.807, 2.05) is 13.0 Å². The van der Waals surface area contributed by atoms with Gasteiger partial charge in [0.2, 0.25) is 0 Å². The molecule has 0 saturated carbocycles. The fourth-order valence-corrected chi connectivity index (χ4v) is 6.17. The second kappa shape index (κ2) is 12.8. The Labute approximate surface area is 231 Å². The monoisotopic (exact) mass is 554 g/mol. The zero-order valence-electron chi connectivity index (χ0n) is 21.9. The van der Waals surface area contributed by atoms with Gasteiger partial charge < -0.3 is 15.1 Å². The fourth-order valence-electron chi connectivity index (χ4n) is 4.48. The van der Waals surface area contributed by atoms with Crippen molar-refractivity contribution >= 4 is 33.2 Å². The molecule has 1 N–H and O–H groups in total. The van der Waals surface area contributed by atoms with Crippen LogP contribution in [-0.4, -0.2) is 70.4 Å². The molecule has 4 rings (SSSR count). The molecule has 1 aliphatic rings. The Balaban J connectivity index is 1.43. The molecule has 202 valence electrons. The molecule has 0 aromatic heterocycles. The number of nitrogens with zero attached hydrogens (tertiary/aromatic N) is 3. The van der Waals surface area contributed by atoms with E-state index in [1.165, 1.54) is 4.31 Å². The average Bonchev–Trinajstić information content (AvgIpc) is 2.93. The molecule has 3 aromatic rings. The van der Waals surface area contributed by atoms with E-state index in [1.54, 1.807) is 66.7 Å². The number of halogens is 1. The number of piperazine rings is 1. The molecule has 1 saturated heterocycles. The van der Waals surface area contributed by atoms with E-state index in [9.17, 15) is 13.2 Å². The van der Waals surface area contributed by atoms with E-state index in [0.717, 1.165) is 50.3 Å². The lowest BCUT2D eigenvalue weighted by Gasteiger charge is -2.32. The maximum absolute atomic E-state index is 13.7. The highest BCUT2D eigenvalue weighted by atomic mass is 35.5. The Morgan fingerprint density at radius 2 is 1.66 bits per heavy atom. The van der Waals surface area contributed by atoms with Crippen LogP contribution in [-0.2, 0) is 16.6 Å². The largest absolute Gasteiger partial charge is 0.352 e. The van der Waals surface area contributed by atoms with Crippen LogP contribution in [0.25, 0.3) is 0 Å². The lowest BCUT2D eigenvalue weighted by Crippen LogP contribution is -2.45. The van der Waals surface area contributed by atoms with Gasteiger partial charge in [-0.25, -0.2) is 8.42 Å². The molecule has 7 nitrogen and oxygen atoms in total. The molecule has 0 bridgehead atoms. The summed E-state index contributed by atoms with van der Waals surface area (Å²) in [4.78, 5) is 17.6. The standard InChI is InChI=1S/C29H35ClN4O3S/c1-23-9-14-26(30)21-28(23)34(38(36,37)27-7-4-3-5-8-27)22-24-10-12-25(13-11-24)29(35)31-15-6-16-33-19-17-32(2)18-20-33/h3-5,7-14,21H,6,15-20,22H2,1-2H3,(H,31,35). The van der Waals surface area contributed by atoms with Gasteiger partial charge in [-0.1, -0.05) is 48.0 Å². The van der Waals surface area contributed by atoms with Crippen LogP contribution in [0.4, 0.5) is 5.69 Å². The average molecular weight is 555 g/mol. The Morgan fingerprint density at radius 1 is 0.974 bits per heavy atom. The van der Waals surface area contributed by atoms with E-state index in [2.05, 4.69) is 22.2 Å². The summed E-state index contributed by atoms with van der Waals surface area (Å²) >= 11 is 6.25. The Kier molecular flexibility index (Phi) is 9.44. The molecule has 0 radical (unpaired) electrons. The molecule has 1 fully saturated rings. The molecule has 0 spiro atoms. The van der Waals surface area contributed by atoms with Gasteiger partial charge >= 0.3 is 0 Å². The van der Waals surface area contributed by atoms with Gasteiger partial charge in [0.05, 0.1) is 17.1 Å². The van der Waals surface area contributed by atoms with Crippen molar-refractivity contribution in [2.75, 3.05) is 50.6 Å². The van der Waals surface area contributed by atoms with E-state index in [0.29, 0.717) is 22.8 Å². The molecule has 3 aromatic carbocycles. The highest BCUT2D eigenvalue weighted by Gasteiger charge is 2.26. The zero-order chi connectivity index (χ0) is 27.1. The quantitative estimate of drug-likeness (QED) is 0.376. The number of amides is 1. The lowest BCUT2D eigenvalue weighted by atomic mass is 10.1. The number of likely N-dealkylation sites (N-methyl/N-ethyl adjacent to an activating group) is 1. The predicted octanol–water partition coefficient (Wildman–Crippen LogP) is 4.41. The molecule has 1 heterocycles. The second-order valence-electron chi connectivity index (χ2n) is 9.71. The van der Waals surface area contributed by atoms with E-state index >= 15 is 0 Å². The molecule has 0 unspecified atom stereocenters. The minimum absolute atomic E-state index is 0.103. The van der Waals surface area contributed by atoms with Crippen LogP contribution in [0.15, 0.2) is 77.7 Å². The first kappa shape index (κ1) is 28.1. The topological polar surface area (TPSA) is 73.0 Å². The minimum Gasteiger partial charge on any atom is -0.352 e. The van der Waals surface area contributed by atoms with Crippen molar-refractivity contribution < 1.29 is 13.2 Å². The van der Waals surface area contributed by atoms with E-state index < -0.39 is 10.0 Å². The van der Waals surface area contributed by atoms with E-state index in [4.69, 9.17) is 11.6 Å². The summed E-state index contributed by atoms with van der Waals surface area (Å²) in [5, 5.41) is 3.45. The Morgan fingerprint density at radius 3 is 2.34 bits per heavy atom. The van der Waals surface area contributed by atoms with Crippen LogP contribution in [0.3, 0.4) is 0 Å². The van der Waals surface area contributed by atoms with Gasteiger partial charge in [0.15, 0.2) is 0 Å². The third-order valence-electron chi connectivity index (χ3n) is 6.85. The van der Waals surface area contributed by atoms with E-state index in [-0.39, 0.29) is 17.3 Å². The summed E-state index contributed by atoms with van der Waals surface area (Å²) in [5.41, 5.74) is 2.62. The molecule has 0 atom stereocenters. The van der Waals surface area contributed by atoms with Crippen molar-refractivity contribution in [3.05, 3.63) is 94.5 Å². The predicted molar refractivity (Wildman–Crippen MR) is 153 cm³/mol. The van der Waals surface area contributed by atoms with Gasteiger partial charge in [-0.05, 0) is 74.5 Å². The van der Waals surface area contributed by atoms with Crippen molar-refractivity contribution in [1.29, 1.82) is 0 Å². The number of carbonyl (C=O) groups excluding carboxylic acids is 1. The van der Waals surface area contributed by atoms with Crippen LogP contribution < -0.4 is 9.62 Å². The summed E-state index contributed by atoms with van der Waals surface area (Å²) < 4.78 is 28.7. The molecule has 1 aliphatic heterocycles. The number of sulfonamides is 1. The Bertz CT molecular complexity index is 1330. The number of nitrogens with one attached hydrogen (secondary N) is 1. The Hall–Kier alpha value is -2.91. The number of hydrogen-bond acceptors (Lipinski definition) is 5. The normalized spacial score (nSPS) is 14.8. The summed E-state index contributed by atoms with van der Waals surface area (Å²) in [7, 11) is -1.72. The number of benzene rings is 3. The van der Waals surface area contributed by atoms with Gasteiger partial charge in [0, 0.05) is 43.3 Å². The van der Waals surface area contributed by atoms with Gasteiger partial charge in [0.25, 0.3) is 15.9 Å². The number of hydrogen-bond donors (Lipinski definition) is 1. The van der Waals surface area contributed by atoms with Crippen molar-refractivity contribution in [3.8, 4) is 0 Å². The molecule has 0 aliphatic carbocycles. The van der Waals surface area contributed by atoms with Gasteiger partial charge in [-0.15, -0.1) is 0 Å². The third-order valence-corrected chi connectivity index (χ3v) is 8.86. The van der Waals surface area contributed by atoms with Crippen LogP contribution in [0.5, 0.6) is 0 Å². The van der Waals surface area contributed by atoms with Crippen LogP contribution >= 0.6 is 11.6 Å². The minimum atomic E-state index is -3.86. The smallest absolute Gasteiger partial charge is 0.264 e. The lowest BCUT2D eigenvalue weighted by molar-refractivity contribution is 0.0949. The first-order valence-corrected chi connectivity index (χ1v) is 14.7. The summed E-state index contributed by atoms with van der Waals surface area (Å²) in [6, 6.07) is 20.6.